The molecule has 0 spiro atoms. The summed E-state index contributed by atoms with van der Waals surface area (Å²) < 4.78 is 23.1. The van der Waals surface area contributed by atoms with Gasteiger partial charge in [-0.1, -0.05) is 0 Å². The van der Waals surface area contributed by atoms with Gasteiger partial charge in [0.25, 0.3) is 5.69 Å². The number of nitrogens with one attached hydrogen (secondary N) is 1. The molecule has 0 aliphatic rings. The highest BCUT2D eigenvalue weighted by Crippen LogP contribution is 2.21. The Morgan fingerprint density at radius 3 is 2.65 bits per heavy atom. The smallest absolute Gasteiger partial charge is 0.271 e. The Labute approximate surface area is 97.5 Å². The molecule has 1 aromatic carbocycles. The number of nitrogens with zero attached hydrogens (tertiary/aromatic N) is 1. The lowest BCUT2D eigenvalue weighted by Crippen LogP contribution is -2.24. The quantitative estimate of drug-likeness (QED) is 0.469. The number of anilines is 1. The molecule has 0 saturated carbocycles. The molecule has 1 aromatic rings. The first-order valence-electron chi connectivity index (χ1n) is 4.82. The van der Waals surface area contributed by atoms with Gasteiger partial charge < -0.3 is 14.8 Å². The van der Waals surface area contributed by atoms with E-state index in [1.54, 1.807) is 0 Å². The molecular formula is C10H13FN2O4. The molecular weight excluding hydrogens is 231 g/mol. The minimum Gasteiger partial charge on any atom is -0.377 e. The highest BCUT2D eigenvalue weighted by atomic mass is 19.1. The van der Waals surface area contributed by atoms with E-state index in [0.717, 1.165) is 18.2 Å². The molecule has 0 saturated heterocycles. The molecule has 0 aliphatic heterocycles. The van der Waals surface area contributed by atoms with Crippen LogP contribution in [0, 0.1) is 15.9 Å². The largest absolute Gasteiger partial charge is 0.377 e. The number of nitro groups is 1. The number of hydrogen-bond donors (Lipinski definition) is 1. The van der Waals surface area contributed by atoms with Gasteiger partial charge in [0.2, 0.25) is 0 Å². The van der Waals surface area contributed by atoms with Gasteiger partial charge in [-0.25, -0.2) is 4.39 Å². The van der Waals surface area contributed by atoms with E-state index in [1.807, 2.05) is 0 Å². The third kappa shape index (κ3) is 3.65. The first-order chi connectivity index (χ1) is 8.08. The van der Waals surface area contributed by atoms with E-state index < -0.39 is 17.0 Å². The van der Waals surface area contributed by atoms with Crippen molar-refractivity contribution in [1.82, 2.24) is 0 Å². The molecule has 0 aliphatic carbocycles. The topological polar surface area (TPSA) is 73.6 Å². The summed E-state index contributed by atoms with van der Waals surface area (Å²) in [6, 6.07) is 3.26. The monoisotopic (exact) mass is 244 g/mol. The number of nitro benzene ring substituents is 1. The second-order valence-corrected chi connectivity index (χ2v) is 3.20. The van der Waals surface area contributed by atoms with Crippen molar-refractivity contribution in [3.8, 4) is 0 Å². The van der Waals surface area contributed by atoms with E-state index in [-0.39, 0.29) is 17.9 Å². The first-order valence-corrected chi connectivity index (χ1v) is 4.82. The van der Waals surface area contributed by atoms with Crippen molar-refractivity contribution in [3.05, 3.63) is 34.1 Å². The summed E-state index contributed by atoms with van der Waals surface area (Å²) in [6.07, 6.45) is -0.548. The standard InChI is InChI=1S/C10H13FN2O4/c1-16-10(17-2)6-12-9-5-7(13(14)15)3-4-8(9)11/h3-5,10,12H,6H2,1-2H3. The Morgan fingerprint density at radius 2 is 2.12 bits per heavy atom. The predicted octanol–water partition coefficient (Wildman–Crippen LogP) is 1.76. The van der Waals surface area contributed by atoms with Crippen LogP contribution < -0.4 is 5.32 Å². The minimum absolute atomic E-state index is 0.0401. The molecule has 1 rings (SSSR count). The van der Waals surface area contributed by atoms with Crippen molar-refractivity contribution in [2.75, 3.05) is 26.1 Å². The van der Waals surface area contributed by atoms with Crippen molar-refractivity contribution >= 4 is 11.4 Å². The zero-order valence-electron chi connectivity index (χ0n) is 9.47. The van der Waals surface area contributed by atoms with Crippen LogP contribution in [0.25, 0.3) is 0 Å². The van der Waals surface area contributed by atoms with E-state index in [2.05, 4.69) is 5.32 Å². The highest BCUT2D eigenvalue weighted by molar-refractivity contribution is 5.52. The Hall–Kier alpha value is -1.73. The molecule has 0 radical (unpaired) electrons. The average molecular weight is 244 g/mol. The van der Waals surface area contributed by atoms with E-state index in [4.69, 9.17) is 9.47 Å². The SMILES string of the molecule is COC(CNc1cc([N+](=O)[O-])ccc1F)OC. The second kappa shape index (κ2) is 6.12. The van der Waals surface area contributed by atoms with E-state index in [1.165, 1.54) is 14.2 Å². The molecule has 1 N–H and O–H groups in total. The maximum atomic E-state index is 13.3. The van der Waals surface area contributed by atoms with Gasteiger partial charge in [0, 0.05) is 26.4 Å². The lowest BCUT2D eigenvalue weighted by molar-refractivity contribution is -0.384. The maximum Gasteiger partial charge on any atom is 0.271 e. The summed E-state index contributed by atoms with van der Waals surface area (Å²) in [7, 11) is 2.89. The third-order valence-corrected chi connectivity index (χ3v) is 2.15. The van der Waals surface area contributed by atoms with Gasteiger partial charge in [0.15, 0.2) is 6.29 Å². The van der Waals surface area contributed by atoms with Crippen molar-refractivity contribution in [2.45, 2.75) is 6.29 Å². The number of non-ortho nitro benzene ring substituents is 1. The fraction of sp³-hybridized carbons (Fsp3) is 0.400. The fourth-order valence-corrected chi connectivity index (χ4v) is 1.22. The van der Waals surface area contributed by atoms with Crippen LogP contribution in [-0.2, 0) is 9.47 Å². The van der Waals surface area contributed by atoms with E-state index >= 15 is 0 Å². The van der Waals surface area contributed by atoms with Crippen LogP contribution in [0.3, 0.4) is 0 Å². The molecule has 0 aromatic heterocycles. The van der Waals surface area contributed by atoms with Gasteiger partial charge in [-0.2, -0.15) is 0 Å². The number of halogens is 1. The van der Waals surface area contributed by atoms with Crippen LogP contribution in [-0.4, -0.2) is 32.0 Å². The maximum absolute atomic E-state index is 13.3. The van der Waals surface area contributed by atoms with Crippen molar-refractivity contribution in [2.24, 2.45) is 0 Å². The molecule has 7 heteroatoms. The lowest BCUT2D eigenvalue weighted by Gasteiger charge is -2.15. The van der Waals surface area contributed by atoms with Crippen molar-refractivity contribution < 1.29 is 18.8 Å². The second-order valence-electron chi connectivity index (χ2n) is 3.20. The zero-order valence-corrected chi connectivity index (χ0v) is 9.47. The van der Waals surface area contributed by atoms with Crippen LogP contribution in [0.15, 0.2) is 18.2 Å². The molecule has 0 fully saturated rings. The zero-order chi connectivity index (χ0) is 12.8. The number of rotatable bonds is 6. The molecule has 0 unspecified atom stereocenters. The fourth-order valence-electron chi connectivity index (χ4n) is 1.22. The van der Waals surface area contributed by atoms with Crippen molar-refractivity contribution in [3.63, 3.8) is 0 Å². The minimum atomic E-state index is -0.589. The lowest BCUT2D eigenvalue weighted by atomic mass is 10.2. The van der Waals surface area contributed by atoms with Crippen LogP contribution in [0.1, 0.15) is 0 Å². The Kier molecular flexibility index (Phi) is 4.80. The Balaban J connectivity index is 2.75. The highest BCUT2D eigenvalue weighted by Gasteiger charge is 2.12. The van der Waals surface area contributed by atoms with Gasteiger partial charge in [-0.15, -0.1) is 0 Å². The summed E-state index contributed by atoms with van der Waals surface area (Å²) in [6.45, 7) is 0.186. The summed E-state index contributed by atoms with van der Waals surface area (Å²) in [4.78, 5) is 9.93. The van der Waals surface area contributed by atoms with Crippen LogP contribution in [0.2, 0.25) is 0 Å². The first kappa shape index (κ1) is 13.3. The molecule has 0 bridgehead atoms. The predicted molar refractivity (Wildman–Crippen MR) is 59.4 cm³/mol. The van der Waals surface area contributed by atoms with Crippen LogP contribution in [0.4, 0.5) is 15.8 Å². The molecule has 17 heavy (non-hydrogen) atoms. The average Bonchev–Trinajstić information content (AvgIpc) is 2.32. The van der Waals surface area contributed by atoms with Crippen molar-refractivity contribution in [1.29, 1.82) is 0 Å². The van der Waals surface area contributed by atoms with Gasteiger partial charge in [-0.05, 0) is 6.07 Å². The Morgan fingerprint density at radius 1 is 1.47 bits per heavy atom. The van der Waals surface area contributed by atoms with Gasteiger partial charge in [0.05, 0.1) is 17.2 Å². The molecule has 6 nitrogen and oxygen atoms in total. The molecule has 0 heterocycles. The number of methoxy groups -OCH3 is 2. The van der Waals surface area contributed by atoms with Gasteiger partial charge >= 0.3 is 0 Å². The third-order valence-electron chi connectivity index (χ3n) is 2.15. The summed E-state index contributed by atoms with van der Waals surface area (Å²) in [5.74, 6) is -0.568. The number of hydrogen-bond acceptors (Lipinski definition) is 5. The number of benzene rings is 1. The molecule has 0 atom stereocenters. The summed E-state index contributed by atoms with van der Waals surface area (Å²) in [5.41, 5.74) is -0.140. The van der Waals surface area contributed by atoms with E-state index in [9.17, 15) is 14.5 Å². The van der Waals surface area contributed by atoms with Gasteiger partial charge in [-0.3, -0.25) is 10.1 Å². The molecule has 94 valence electrons. The van der Waals surface area contributed by atoms with Crippen LogP contribution >= 0.6 is 0 Å². The van der Waals surface area contributed by atoms with Crippen LogP contribution in [0.5, 0.6) is 0 Å². The van der Waals surface area contributed by atoms with E-state index in [0.29, 0.717) is 0 Å². The normalized spacial score (nSPS) is 10.6. The number of ether oxygens (including phenoxy) is 2. The summed E-state index contributed by atoms with van der Waals surface area (Å²) >= 11 is 0. The Bertz CT molecular complexity index is 396. The van der Waals surface area contributed by atoms with Gasteiger partial charge in [0.1, 0.15) is 5.82 Å². The summed E-state index contributed by atoms with van der Waals surface area (Å²) in [5, 5.41) is 13.2. The molecule has 0 amide bonds.